The van der Waals surface area contributed by atoms with Gasteiger partial charge in [-0.15, -0.1) is 0 Å². The first kappa shape index (κ1) is 21.8. The number of allylic oxidation sites excluding steroid dienone is 1. The summed E-state index contributed by atoms with van der Waals surface area (Å²) < 4.78 is 20.6. The van der Waals surface area contributed by atoms with Crippen molar-refractivity contribution >= 4 is 6.08 Å². The van der Waals surface area contributed by atoms with Crippen LogP contribution < -0.4 is 4.74 Å². The van der Waals surface area contributed by atoms with E-state index in [2.05, 4.69) is 23.1 Å². The predicted octanol–water partition coefficient (Wildman–Crippen LogP) is 4.26. The lowest BCUT2D eigenvalue weighted by molar-refractivity contribution is -0.0155. The third-order valence-corrected chi connectivity index (χ3v) is 7.79. The van der Waals surface area contributed by atoms with Crippen molar-refractivity contribution in [2.45, 2.75) is 38.7 Å². The number of halogens is 1. The van der Waals surface area contributed by atoms with Gasteiger partial charge in [0.25, 0.3) is 0 Å². The third-order valence-electron chi connectivity index (χ3n) is 7.79. The summed E-state index contributed by atoms with van der Waals surface area (Å²) in [4.78, 5) is 4.35. The number of aromatic nitrogens is 3. The fraction of sp³-hybridized carbons (Fsp3) is 0.385. The number of methoxy groups -OCH3 is 1. The van der Waals surface area contributed by atoms with Crippen molar-refractivity contribution in [1.29, 1.82) is 0 Å². The molecule has 2 aliphatic carbocycles. The first-order chi connectivity index (χ1) is 15.9. The van der Waals surface area contributed by atoms with Crippen LogP contribution in [0.15, 0.2) is 54.4 Å². The second-order valence-corrected chi connectivity index (χ2v) is 9.37. The molecule has 0 radical (unpaired) electrons. The predicted molar refractivity (Wildman–Crippen MR) is 122 cm³/mol. The van der Waals surface area contributed by atoms with Gasteiger partial charge in [0.1, 0.15) is 23.4 Å². The molecule has 6 nitrogen and oxygen atoms in total. The van der Waals surface area contributed by atoms with Gasteiger partial charge in [0.15, 0.2) is 0 Å². The summed E-state index contributed by atoms with van der Waals surface area (Å²) in [6.07, 6.45) is 7.51. The quantitative estimate of drug-likeness (QED) is 0.588. The van der Waals surface area contributed by atoms with Crippen LogP contribution in [0.4, 0.5) is 4.39 Å². The van der Waals surface area contributed by atoms with E-state index in [1.165, 1.54) is 17.7 Å². The smallest absolute Gasteiger partial charge is 0.143 e. The zero-order valence-electron chi connectivity index (χ0n) is 18.8. The van der Waals surface area contributed by atoms with Crippen LogP contribution in [-0.2, 0) is 6.42 Å². The van der Waals surface area contributed by atoms with Crippen LogP contribution in [0.25, 0.3) is 11.8 Å². The SMILES string of the molecule is COc1cccnc1C(O)C[C@]1(CO)CCC2=Cc3c(cnn3-c3ccc(F)cc3)C[C@@]21C. The molecule has 5 rings (SSSR count). The Morgan fingerprint density at radius 1 is 1.24 bits per heavy atom. The highest BCUT2D eigenvalue weighted by Crippen LogP contribution is 2.62. The highest BCUT2D eigenvalue weighted by molar-refractivity contribution is 5.62. The average molecular weight is 450 g/mol. The van der Waals surface area contributed by atoms with Crippen molar-refractivity contribution in [3.8, 4) is 11.4 Å². The van der Waals surface area contributed by atoms with Crippen molar-refractivity contribution < 1.29 is 19.3 Å². The van der Waals surface area contributed by atoms with Crippen LogP contribution in [0, 0.1) is 16.6 Å². The van der Waals surface area contributed by atoms with E-state index >= 15 is 0 Å². The van der Waals surface area contributed by atoms with E-state index in [-0.39, 0.29) is 17.8 Å². The van der Waals surface area contributed by atoms with E-state index in [1.54, 1.807) is 37.6 Å². The van der Waals surface area contributed by atoms with Gasteiger partial charge in [-0.3, -0.25) is 4.98 Å². The second kappa shape index (κ2) is 8.08. The number of ether oxygens (including phenoxy) is 1. The van der Waals surface area contributed by atoms with Crippen LogP contribution in [0.5, 0.6) is 5.75 Å². The van der Waals surface area contributed by atoms with Gasteiger partial charge in [-0.1, -0.05) is 12.5 Å². The minimum absolute atomic E-state index is 0.0333. The van der Waals surface area contributed by atoms with Crippen LogP contribution in [0.1, 0.15) is 49.2 Å². The molecule has 7 heteroatoms. The highest BCUT2D eigenvalue weighted by Gasteiger charge is 2.56. The van der Waals surface area contributed by atoms with Crippen molar-refractivity contribution in [3.05, 3.63) is 77.1 Å². The van der Waals surface area contributed by atoms with E-state index in [0.717, 1.165) is 29.8 Å². The average Bonchev–Trinajstić information content (AvgIpc) is 3.35. The first-order valence-electron chi connectivity index (χ1n) is 11.2. The Morgan fingerprint density at radius 2 is 2.03 bits per heavy atom. The van der Waals surface area contributed by atoms with Crippen LogP contribution in [0.3, 0.4) is 0 Å². The van der Waals surface area contributed by atoms with E-state index in [1.807, 2.05) is 10.9 Å². The summed E-state index contributed by atoms with van der Waals surface area (Å²) in [5.41, 5.74) is 3.79. The Balaban J connectivity index is 1.49. The number of aliphatic hydroxyl groups excluding tert-OH is 2. The molecule has 0 saturated heterocycles. The molecule has 2 N–H and O–H groups in total. The summed E-state index contributed by atoms with van der Waals surface area (Å²) in [6, 6.07) is 9.87. The zero-order chi connectivity index (χ0) is 23.2. The molecule has 0 bridgehead atoms. The van der Waals surface area contributed by atoms with E-state index in [9.17, 15) is 14.6 Å². The standard InChI is InChI=1S/C26H28FN3O3/c1-25-13-17-15-29-30(20-7-5-19(27)6-8-20)21(17)12-18(25)9-10-26(25,16-31)14-22(32)24-23(33-2)4-3-11-28-24/h3-8,11-12,15,22,31-32H,9-10,13-14,16H2,1-2H3/t22?,25-,26-/m0/s1. The second-order valence-electron chi connectivity index (χ2n) is 9.37. The summed E-state index contributed by atoms with van der Waals surface area (Å²) in [6.45, 7) is 2.15. The number of benzene rings is 1. The zero-order valence-corrected chi connectivity index (χ0v) is 18.8. The lowest BCUT2D eigenvalue weighted by atomic mass is 9.59. The van der Waals surface area contributed by atoms with Crippen molar-refractivity contribution in [2.24, 2.45) is 10.8 Å². The maximum absolute atomic E-state index is 13.4. The number of fused-ring (bicyclic) bond motifs is 2. The maximum Gasteiger partial charge on any atom is 0.143 e. The van der Waals surface area contributed by atoms with Crippen molar-refractivity contribution in [2.75, 3.05) is 13.7 Å². The Kier molecular flexibility index (Phi) is 5.34. The van der Waals surface area contributed by atoms with Crippen molar-refractivity contribution in [1.82, 2.24) is 14.8 Å². The molecule has 2 aliphatic rings. The molecule has 1 fully saturated rings. The van der Waals surface area contributed by atoms with Gasteiger partial charge in [0, 0.05) is 23.6 Å². The molecule has 172 valence electrons. The minimum atomic E-state index is -0.854. The summed E-state index contributed by atoms with van der Waals surface area (Å²) in [5, 5.41) is 26.4. The molecule has 1 saturated carbocycles. The maximum atomic E-state index is 13.4. The van der Waals surface area contributed by atoms with Crippen LogP contribution in [0.2, 0.25) is 0 Å². The summed E-state index contributed by atoms with van der Waals surface area (Å²) >= 11 is 0. The van der Waals surface area contributed by atoms with Gasteiger partial charge in [-0.25, -0.2) is 9.07 Å². The molecule has 0 spiro atoms. The summed E-state index contributed by atoms with van der Waals surface area (Å²) in [5.74, 6) is 0.265. The van der Waals surface area contributed by atoms with Gasteiger partial charge in [-0.2, -0.15) is 5.10 Å². The van der Waals surface area contributed by atoms with Gasteiger partial charge >= 0.3 is 0 Å². The molecule has 3 aromatic rings. The molecule has 2 aromatic heterocycles. The third kappa shape index (κ3) is 3.38. The number of hydrogen-bond donors (Lipinski definition) is 2. The van der Waals surface area contributed by atoms with Gasteiger partial charge in [-0.05, 0) is 73.7 Å². The van der Waals surface area contributed by atoms with Gasteiger partial charge < -0.3 is 14.9 Å². The molecule has 0 amide bonds. The number of hydrogen-bond acceptors (Lipinski definition) is 5. The lowest BCUT2D eigenvalue weighted by Crippen LogP contribution is -2.43. The van der Waals surface area contributed by atoms with E-state index in [0.29, 0.717) is 24.3 Å². The molecule has 1 aromatic carbocycles. The number of rotatable bonds is 6. The normalized spacial score (nSPS) is 24.7. The molecule has 1 unspecified atom stereocenters. The number of pyridine rings is 1. The fourth-order valence-corrected chi connectivity index (χ4v) is 5.75. The van der Waals surface area contributed by atoms with Gasteiger partial charge in [0.2, 0.25) is 0 Å². The number of aliphatic hydroxyl groups is 2. The number of nitrogens with zero attached hydrogens (tertiary/aromatic N) is 3. The fourth-order valence-electron chi connectivity index (χ4n) is 5.75. The van der Waals surface area contributed by atoms with Crippen LogP contribution in [-0.4, -0.2) is 38.7 Å². The Morgan fingerprint density at radius 3 is 2.76 bits per heavy atom. The van der Waals surface area contributed by atoms with Crippen molar-refractivity contribution in [3.63, 3.8) is 0 Å². The molecule has 3 atom stereocenters. The molecular weight excluding hydrogens is 421 g/mol. The minimum Gasteiger partial charge on any atom is -0.495 e. The Bertz CT molecular complexity index is 1210. The highest BCUT2D eigenvalue weighted by atomic mass is 19.1. The first-order valence-corrected chi connectivity index (χ1v) is 11.2. The van der Waals surface area contributed by atoms with Gasteiger partial charge in [0.05, 0.1) is 24.7 Å². The topological polar surface area (TPSA) is 80.4 Å². The lowest BCUT2D eigenvalue weighted by Gasteiger charge is -2.46. The van der Waals surface area contributed by atoms with E-state index < -0.39 is 11.5 Å². The molecular formula is C26H28FN3O3. The Hall–Kier alpha value is -3.03. The Labute approximate surface area is 192 Å². The van der Waals surface area contributed by atoms with Crippen LogP contribution >= 0.6 is 0 Å². The largest absolute Gasteiger partial charge is 0.495 e. The summed E-state index contributed by atoms with van der Waals surface area (Å²) in [7, 11) is 1.56. The van der Waals surface area contributed by atoms with E-state index in [4.69, 9.17) is 4.74 Å². The monoisotopic (exact) mass is 449 g/mol. The molecule has 33 heavy (non-hydrogen) atoms. The molecule has 2 heterocycles. The molecule has 0 aliphatic heterocycles.